The molecule has 0 saturated carbocycles. The number of carbonyl (C=O) groups is 2. The first kappa shape index (κ1) is 22.0. The van der Waals surface area contributed by atoms with E-state index >= 15 is 0 Å². The molecule has 32 heavy (non-hydrogen) atoms. The molecule has 4 heterocycles. The lowest BCUT2D eigenvalue weighted by atomic mass is 10.00. The summed E-state index contributed by atoms with van der Waals surface area (Å²) in [5.74, 6) is 0.0746. The van der Waals surface area contributed by atoms with Crippen molar-refractivity contribution >= 4 is 40.5 Å². The highest BCUT2D eigenvalue weighted by Crippen LogP contribution is 2.26. The lowest BCUT2D eigenvalue weighted by molar-refractivity contribution is -0.125. The fraction of sp³-hybridized carbons (Fsp3) is 0.400. The Hall–Kier alpha value is -3.25. The van der Waals surface area contributed by atoms with Gasteiger partial charge in [0.1, 0.15) is 0 Å². The summed E-state index contributed by atoms with van der Waals surface area (Å²) in [5, 5.41) is 2.72. The lowest BCUT2D eigenvalue weighted by Gasteiger charge is -2.38. The van der Waals surface area contributed by atoms with Gasteiger partial charge in [-0.2, -0.15) is 9.37 Å². The minimum absolute atomic E-state index is 0.0655. The molecule has 1 aliphatic rings. The molecule has 0 aliphatic carbocycles. The van der Waals surface area contributed by atoms with Crippen molar-refractivity contribution in [3.8, 4) is 5.13 Å². The fourth-order valence-electron chi connectivity index (χ4n) is 3.46. The van der Waals surface area contributed by atoms with Gasteiger partial charge >= 0.3 is 0 Å². The zero-order valence-electron chi connectivity index (χ0n) is 17.5. The first-order valence-corrected chi connectivity index (χ1v) is 10.9. The summed E-state index contributed by atoms with van der Waals surface area (Å²) in [5.41, 5.74) is 0.0129. The van der Waals surface area contributed by atoms with Crippen molar-refractivity contribution < 1.29 is 18.7 Å². The summed E-state index contributed by atoms with van der Waals surface area (Å²) in [4.78, 5) is 51.2. The fourth-order valence-corrected chi connectivity index (χ4v) is 4.08. The molecule has 0 aromatic carbocycles. The second-order valence-electron chi connectivity index (χ2n) is 7.25. The van der Waals surface area contributed by atoms with E-state index < -0.39 is 10.6 Å². The Morgan fingerprint density at radius 3 is 2.84 bits per heavy atom. The number of hydrogen-bond acceptors (Lipinski definition) is 9. The van der Waals surface area contributed by atoms with Crippen LogP contribution in [0.5, 0.6) is 0 Å². The molecule has 0 bridgehead atoms. The van der Waals surface area contributed by atoms with Gasteiger partial charge in [-0.1, -0.05) is 11.3 Å². The summed E-state index contributed by atoms with van der Waals surface area (Å²) in [6.07, 6.45) is 2.81. The molecule has 168 valence electrons. The van der Waals surface area contributed by atoms with Crippen molar-refractivity contribution in [3.05, 3.63) is 39.0 Å². The van der Waals surface area contributed by atoms with Crippen molar-refractivity contribution in [2.24, 2.45) is 5.92 Å². The molecule has 1 saturated heterocycles. The second-order valence-corrected chi connectivity index (χ2v) is 8.21. The van der Waals surface area contributed by atoms with Gasteiger partial charge in [0.2, 0.25) is 17.3 Å². The van der Waals surface area contributed by atoms with Crippen LogP contribution in [0.25, 0.3) is 16.2 Å². The van der Waals surface area contributed by atoms with E-state index in [2.05, 4.69) is 20.3 Å². The highest BCUT2D eigenvalue weighted by Gasteiger charge is 2.34. The van der Waals surface area contributed by atoms with Crippen molar-refractivity contribution in [2.75, 3.05) is 37.7 Å². The van der Waals surface area contributed by atoms with Crippen LogP contribution in [0.1, 0.15) is 23.0 Å². The minimum atomic E-state index is -0.508. The monoisotopic (exact) mass is 460 g/mol. The van der Waals surface area contributed by atoms with E-state index in [1.165, 1.54) is 10.8 Å². The molecular formula is C20H21FN6O4S. The van der Waals surface area contributed by atoms with E-state index in [9.17, 15) is 18.8 Å². The van der Waals surface area contributed by atoms with Crippen molar-refractivity contribution in [1.29, 1.82) is 0 Å². The third-order valence-corrected chi connectivity index (χ3v) is 5.91. The van der Waals surface area contributed by atoms with E-state index in [0.717, 1.165) is 17.5 Å². The number of anilines is 1. The molecule has 1 aliphatic heterocycles. The summed E-state index contributed by atoms with van der Waals surface area (Å²) in [7, 11) is 0. The molecule has 1 amide bonds. The number of aldehydes is 1. The van der Waals surface area contributed by atoms with Crippen LogP contribution in [0.2, 0.25) is 0 Å². The number of thiazole rings is 1. The predicted molar refractivity (Wildman–Crippen MR) is 116 cm³/mol. The van der Waals surface area contributed by atoms with E-state index in [1.54, 1.807) is 6.92 Å². The Bertz CT molecular complexity index is 1240. The van der Waals surface area contributed by atoms with Crippen LogP contribution in [0.15, 0.2) is 17.2 Å². The summed E-state index contributed by atoms with van der Waals surface area (Å²) in [6, 6.07) is 0. The normalized spacial score (nSPS) is 13.9. The lowest BCUT2D eigenvalue weighted by Crippen LogP contribution is -2.54. The van der Waals surface area contributed by atoms with Gasteiger partial charge in [-0.25, -0.2) is 9.97 Å². The molecule has 12 heteroatoms. The first-order valence-electron chi connectivity index (χ1n) is 10.0. The molecule has 4 rings (SSSR count). The number of aryl methyl sites for hydroxylation is 1. The molecule has 0 unspecified atom stereocenters. The Morgan fingerprint density at radius 2 is 2.19 bits per heavy atom. The average molecular weight is 460 g/mol. The number of nitrogens with one attached hydrogen (secondary N) is 1. The van der Waals surface area contributed by atoms with Crippen LogP contribution < -0.4 is 15.6 Å². The number of amides is 1. The van der Waals surface area contributed by atoms with Gasteiger partial charge in [0, 0.05) is 32.4 Å². The summed E-state index contributed by atoms with van der Waals surface area (Å²) >= 11 is 0.766. The van der Waals surface area contributed by atoms with Crippen LogP contribution in [0.3, 0.4) is 0 Å². The zero-order valence-corrected chi connectivity index (χ0v) is 18.3. The largest absolute Gasteiger partial charge is 0.380 e. The molecular weight excluding hydrogens is 439 g/mol. The Morgan fingerprint density at radius 1 is 1.41 bits per heavy atom. The standard InChI is InChI=1S/C20H21FN6O4S/c1-3-31-5-4-22-18(30)12-7-26(8-12)19-24-11(2)15-16(29)13(10-28)9-27(17(15)25-19)20-23-6-14(21)32-20/h6,9-10,12H,3-5,7-8H2,1-2H3,(H,22,30). The number of carbonyl (C=O) groups excluding carboxylic acids is 2. The quantitative estimate of drug-likeness (QED) is 0.392. The highest BCUT2D eigenvalue weighted by atomic mass is 32.1. The highest BCUT2D eigenvalue weighted by molar-refractivity contribution is 7.12. The van der Waals surface area contributed by atoms with Crippen molar-refractivity contribution in [3.63, 3.8) is 0 Å². The Labute approximate surface area is 186 Å². The van der Waals surface area contributed by atoms with Gasteiger partial charge in [0.15, 0.2) is 22.2 Å². The first-order chi connectivity index (χ1) is 15.4. The van der Waals surface area contributed by atoms with Crippen LogP contribution in [-0.4, -0.2) is 64.6 Å². The number of nitrogens with zero attached hydrogens (tertiary/aromatic N) is 5. The van der Waals surface area contributed by atoms with Crippen LogP contribution in [0.4, 0.5) is 10.3 Å². The topological polar surface area (TPSA) is 119 Å². The van der Waals surface area contributed by atoms with E-state index in [1.807, 2.05) is 11.8 Å². The molecule has 0 atom stereocenters. The van der Waals surface area contributed by atoms with Crippen LogP contribution in [0, 0.1) is 18.0 Å². The molecule has 3 aromatic rings. The van der Waals surface area contributed by atoms with Gasteiger partial charge in [-0.15, -0.1) is 0 Å². The number of fused-ring (bicyclic) bond motifs is 1. The number of pyridine rings is 1. The van der Waals surface area contributed by atoms with Gasteiger partial charge in [-0.3, -0.25) is 19.0 Å². The molecule has 3 aromatic heterocycles. The minimum Gasteiger partial charge on any atom is -0.380 e. The van der Waals surface area contributed by atoms with Gasteiger partial charge in [0.25, 0.3) is 0 Å². The molecule has 0 spiro atoms. The number of halogens is 1. The van der Waals surface area contributed by atoms with Crippen molar-refractivity contribution in [2.45, 2.75) is 13.8 Å². The van der Waals surface area contributed by atoms with E-state index in [4.69, 9.17) is 4.74 Å². The molecule has 1 fully saturated rings. The third-order valence-electron chi connectivity index (χ3n) is 5.13. The van der Waals surface area contributed by atoms with Crippen LogP contribution >= 0.6 is 11.3 Å². The van der Waals surface area contributed by atoms with Crippen molar-refractivity contribution in [1.82, 2.24) is 24.8 Å². The molecule has 0 radical (unpaired) electrons. The Kier molecular flexibility index (Phi) is 6.24. The third kappa shape index (κ3) is 4.10. The molecule has 1 N–H and O–H groups in total. The van der Waals surface area contributed by atoms with E-state index in [0.29, 0.717) is 50.8 Å². The predicted octanol–water partition coefficient (Wildman–Crippen LogP) is 1.09. The van der Waals surface area contributed by atoms with Gasteiger partial charge in [-0.05, 0) is 13.8 Å². The zero-order chi connectivity index (χ0) is 22.8. The van der Waals surface area contributed by atoms with Gasteiger partial charge in [0.05, 0.1) is 35.4 Å². The SMILES string of the molecule is CCOCCNC(=O)C1CN(c2nc(C)c3c(=O)c(C=O)cn(-c4ncc(F)s4)c3n2)C1. The maximum Gasteiger partial charge on any atom is 0.227 e. The number of aromatic nitrogens is 4. The second kappa shape index (κ2) is 9.09. The number of hydrogen-bond donors (Lipinski definition) is 1. The average Bonchev–Trinajstić information content (AvgIpc) is 3.16. The summed E-state index contributed by atoms with van der Waals surface area (Å²) in [6.45, 7) is 5.89. The van der Waals surface area contributed by atoms with Crippen LogP contribution in [-0.2, 0) is 9.53 Å². The smallest absolute Gasteiger partial charge is 0.227 e. The van der Waals surface area contributed by atoms with E-state index in [-0.39, 0.29) is 33.6 Å². The Balaban J connectivity index is 1.63. The molecule has 10 nitrogen and oxygen atoms in total. The maximum atomic E-state index is 13.6. The number of ether oxygens (including phenoxy) is 1. The van der Waals surface area contributed by atoms with Gasteiger partial charge < -0.3 is 15.0 Å². The number of rotatable bonds is 8. The maximum absolute atomic E-state index is 13.6. The summed E-state index contributed by atoms with van der Waals surface area (Å²) < 4.78 is 20.2.